The van der Waals surface area contributed by atoms with Crippen LogP contribution in [0.1, 0.15) is 50.3 Å². The van der Waals surface area contributed by atoms with Crippen LogP contribution in [0.4, 0.5) is 17.1 Å². The van der Waals surface area contributed by atoms with Crippen molar-refractivity contribution >= 4 is 50.6 Å². The molecule has 0 amide bonds. The standard InChI is InChI=1S/C66H56N2S/c1-5-45-16-12-15-23-61(45)69-65-44(2)24-41-58-57-42-43-59-56-21-13-14-22-60(56)68(64(59)62(57)66(3,4)63(58)65)55-39-33-51(34-40-55)48-27-25-47(26-28-48)50-31-37-54(38-32-50)67(52-19-10-7-11-20-52)53-35-29-49(30-36-53)46-17-8-6-9-18-46/h6-44,58,63,65H,5H2,1-4H3. The highest BCUT2D eigenvalue weighted by Crippen LogP contribution is 2.61. The minimum absolute atomic E-state index is 0.0537. The Kier molecular flexibility index (Phi) is 11.0. The van der Waals surface area contributed by atoms with E-state index in [2.05, 4.69) is 279 Å². The number of allylic oxidation sites excluding steroid dienone is 2. The third-order valence-corrected chi connectivity index (χ3v) is 16.9. The first-order valence-electron chi connectivity index (χ1n) is 24.7. The van der Waals surface area contributed by atoms with Crippen LogP contribution in [0.3, 0.4) is 0 Å². The Labute approximate surface area is 411 Å². The molecule has 0 fully saturated rings. The maximum absolute atomic E-state index is 2.57. The number of hydrogen-bond donors (Lipinski definition) is 0. The summed E-state index contributed by atoms with van der Waals surface area (Å²) in [7, 11) is 0. The zero-order valence-electron chi connectivity index (χ0n) is 39.8. The van der Waals surface area contributed by atoms with Crippen LogP contribution in [0.25, 0.3) is 60.9 Å². The van der Waals surface area contributed by atoms with Crippen LogP contribution in [0.5, 0.6) is 0 Å². The highest BCUT2D eigenvalue weighted by atomic mass is 32.2. The van der Waals surface area contributed by atoms with Crippen LogP contribution in [0.15, 0.2) is 235 Å². The van der Waals surface area contributed by atoms with Gasteiger partial charge in [-0.25, -0.2) is 0 Å². The molecule has 4 atom stereocenters. The molecule has 2 aliphatic carbocycles. The maximum Gasteiger partial charge on any atom is 0.0581 e. The lowest BCUT2D eigenvalue weighted by Gasteiger charge is -2.42. The third kappa shape index (κ3) is 7.52. The SMILES string of the molecule is CCc1ccccc1SC1C(C)C=CC2c3ccc4c5ccccc5n(-c5ccc(-c6ccc(-c7ccc(N(c8ccccc8)c8ccc(-c9ccccc9)cc8)cc7)cc6)cc5)c4c3C(C)(C)C21. The number of anilines is 3. The summed E-state index contributed by atoms with van der Waals surface area (Å²) in [4.78, 5) is 3.76. The van der Waals surface area contributed by atoms with E-state index < -0.39 is 0 Å². The van der Waals surface area contributed by atoms with Gasteiger partial charge in [-0.2, -0.15) is 0 Å². The van der Waals surface area contributed by atoms with Crippen LogP contribution in [-0.4, -0.2) is 9.82 Å². The summed E-state index contributed by atoms with van der Waals surface area (Å²) in [6.45, 7) is 9.80. The van der Waals surface area contributed by atoms with Crippen LogP contribution in [0.2, 0.25) is 0 Å². The topological polar surface area (TPSA) is 8.17 Å². The fraction of sp³-hybridized carbons (Fsp3) is 0.152. The van der Waals surface area contributed by atoms with Crippen LogP contribution >= 0.6 is 11.8 Å². The van der Waals surface area contributed by atoms with E-state index in [0.29, 0.717) is 23.0 Å². The Balaban J connectivity index is 0.843. The van der Waals surface area contributed by atoms with Crippen LogP contribution < -0.4 is 4.90 Å². The van der Waals surface area contributed by atoms with E-state index in [-0.39, 0.29) is 5.41 Å². The van der Waals surface area contributed by atoms with Gasteiger partial charge >= 0.3 is 0 Å². The number of aromatic nitrogens is 1. The lowest BCUT2D eigenvalue weighted by atomic mass is 9.69. The second-order valence-electron chi connectivity index (χ2n) is 19.6. The van der Waals surface area contributed by atoms with E-state index in [1.165, 1.54) is 82.5 Å². The molecule has 1 aromatic heterocycles. The predicted octanol–water partition coefficient (Wildman–Crippen LogP) is 18.2. The average Bonchev–Trinajstić information content (AvgIpc) is 3.86. The van der Waals surface area contributed by atoms with Crippen molar-refractivity contribution in [1.82, 2.24) is 4.57 Å². The van der Waals surface area contributed by atoms with E-state index in [9.17, 15) is 0 Å². The molecule has 4 unspecified atom stereocenters. The lowest BCUT2D eigenvalue weighted by molar-refractivity contribution is 0.284. The molecule has 0 saturated carbocycles. The first-order valence-corrected chi connectivity index (χ1v) is 25.5. The molecule has 3 heteroatoms. The Hall–Kier alpha value is -7.33. The summed E-state index contributed by atoms with van der Waals surface area (Å²) in [5, 5.41) is 3.12. The van der Waals surface area contributed by atoms with Gasteiger partial charge in [0.25, 0.3) is 0 Å². The average molecular weight is 909 g/mol. The molecule has 69 heavy (non-hydrogen) atoms. The predicted molar refractivity (Wildman–Crippen MR) is 295 cm³/mol. The molecule has 9 aromatic carbocycles. The lowest BCUT2D eigenvalue weighted by Crippen LogP contribution is -2.39. The van der Waals surface area contributed by atoms with Crippen molar-refractivity contribution in [3.05, 3.63) is 247 Å². The summed E-state index contributed by atoms with van der Waals surface area (Å²) < 4.78 is 2.57. The van der Waals surface area contributed by atoms with Crippen LogP contribution in [0, 0.1) is 11.8 Å². The van der Waals surface area contributed by atoms with Gasteiger partial charge in [0.1, 0.15) is 0 Å². The summed E-state index contributed by atoms with van der Waals surface area (Å²) in [6, 6.07) is 80.3. The van der Waals surface area contributed by atoms with Crippen molar-refractivity contribution < 1.29 is 0 Å². The van der Waals surface area contributed by atoms with Gasteiger partial charge in [0.2, 0.25) is 0 Å². The Morgan fingerprint density at radius 2 is 1.00 bits per heavy atom. The van der Waals surface area contributed by atoms with E-state index in [1.54, 1.807) is 0 Å². The number of thioether (sulfide) groups is 1. The largest absolute Gasteiger partial charge is 0.311 e. The van der Waals surface area contributed by atoms with Gasteiger partial charge in [-0.1, -0.05) is 198 Å². The summed E-state index contributed by atoms with van der Waals surface area (Å²) >= 11 is 2.12. The number of rotatable bonds is 10. The summed E-state index contributed by atoms with van der Waals surface area (Å²) in [5.41, 5.74) is 18.8. The molecule has 336 valence electrons. The van der Waals surface area contributed by atoms with Crippen molar-refractivity contribution in [3.63, 3.8) is 0 Å². The Bertz CT molecular complexity index is 3480. The Morgan fingerprint density at radius 3 is 1.62 bits per heavy atom. The zero-order chi connectivity index (χ0) is 46.6. The molecular formula is C66H56N2S. The molecule has 12 rings (SSSR count). The minimum atomic E-state index is -0.0537. The van der Waals surface area contributed by atoms with Crippen molar-refractivity contribution in [2.24, 2.45) is 11.8 Å². The molecule has 0 N–H and O–H groups in total. The van der Waals surface area contributed by atoms with Gasteiger partial charge < -0.3 is 9.47 Å². The molecule has 0 bridgehead atoms. The molecule has 0 aliphatic heterocycles. The molecule has 2 aliphatic rings. The monoisotopic (exact) mass is 908 g/mol. The number of nitrogens with zero attached hydrogens (tertiary/aromatic N) is 2. The quantitative estimate of drug-likeness (QED) is 0.126. The number of para-hydroxylation sites is 2. The van der Waals surface area contributed by atoms with Crippen LogP contribution in [-0.2, 0) is 11.8 Å². The maximum atomic E-state index is 2.57. The zero-order valence-corrected chi connectivity index (χ0v) is 40.6. The third-order valence-electron chi connectivity index (χ3n) is 15.3. The van der Waals surface area contributed by atoms with Crippen molar-refractivity contribution in [1.29, 1.82) is 0 Å². The van der Waals surface area contributed by atoms with E-state index in [1.807, 2.05) is 0 Å². The van der Waals surface area contributed by atoms with Gasteiger partial charge in [-0.3, -0.25) is 0 Å². The van der Waals surface area contributed by atoms with Crippen molar-refractivity contribution in [2.75, 3.05) is 4.90 Å². The van der Waals surface area contributed by atoms with Crippen molar-refractivity contribution in [2.45, 2.75) is 55.6 Å². The molecule has 10 aromatic rings. The molecule has 1 heterocycles. The molecule has 0 spiro atoms. The van der Waals surface area contributed by atoms with Gasteiger partial charge in [0.15, 0.2) is 0 Å². The molecular weight excluding hydrogens is 853 g/mol. The van der Waals surface area contributed by atoms with Crippen molar-refractivity contribution in [3.8, 4) is 39.1 Å². The van der Waals surface area contributed by atoms with Gasteiger partial charge in [0, 0.05) is 49.6 Å². The second kappa shape index (κ2) is 17.6. The fourth-order valence-electron chi connectivity index (χ4n) is 11.8. The fourth-order valence-corrected chi connectivity index (χ4v) is 13.6. The first-order chi connectivity index (χ1) is 33.9. The number of aryl methyl sites for hydroxylation is 1. The Morgan fingerprint density at radius 1 is 0.493 bits per heavy atom. The molecule has 2 nitrogen and oxygen atoms in total. The summed E-state index contributed by atoms with van der Waals surface area (Å²) in [6.07, 6.45) is 6.11. The molecule has 0 radical (unpaired) electrons. The number of benzene rings is 9. The van der Waals surface area contributed by atoms with Gasteiger partial charge in [-0.15, -0.1) is 11.8 Å². The van der Waals surface area contributed by atoms with E-state index in [0.717, 1.165) is 23.5 Å². The van der Waals surface area contributed by atoms with E-state index >= 15 is 0 Å². The first kappa shape index (κ1) is 43.0. The second-order valence-corrected chi connectivity index (χ2v) is 20.8. The van der Waals surface area contributed by atoms with E-state index in [4.69, 9.17) is 0 Å². The van der Waals surface area contributed by atoms with Gasteiger partial charge in [0.05, 0.1) is 11.0 Å². The highest BCUT2D eigenvalue weighted by molar-refractivity contribution is 8.00. The number of hydrogen-bond acceptors (Lipinski definition) is 2. The summed E-state index contributed by atoms with van der Waals surface area (Å²) in [5.74, 6) is 1.32. The minimum Gasteiger partial charge on any atom is -0.311 e. The smallest absolute Gasteiger partial charge is 0.0581 e. The highest BCUT2D eigenvalue weighted by Gasteiger charge is 2.53. The molecule has 0 saturated heterocycles. The van der Waals surface area contributed by atoms with Gasteiger partial charge in [-0.05, 0) is 134 Å². The number of fused-ring (bicyclic) bond motifs is 7. The normalized spacial score (nSPS) is 18.0.